The molecule has 128 valence electrons. The molecular weight excluding hydrogens is 316 g/mol. The van der Waals surface area contributed by atoms with Gasteiger partial charge in [0.25, 0.3) is 5.91 Å². The summed E-state index contributed by atoms with van der Waals surface area (Å²) in [6.45, 7) is 5.57. The number of carbonyl (C=O) groups excluding carboxylic acids is 1. The van der Waals surface area contributed by atoms with E-state index in [1.54, 1.807) is 6.20 Å². The monoisotopic (exact) mass is 336 g/mol. The number of amides is 1. The molecule has 0 spiro atoms. The predicted octanol–water partition coefficient (Wildman–Crippen LogP) is 2.56. The highest BCUT2D eigenvalue weighted by Crippen LogP contribution is 2.23. The van der Waals surface area contributed by atoms with Crippen LogP contribution in [0.3, 0.4) is 0 Å². The van der Waals surface area contributed by atoms with Crippen LogP contribution in [0.15, 0.2) is 42.7 Å². The zero-order chi connectivity index (χ0) is 17.4. The molecule has 1 saturated heterocycles. The summed E-state index contributed by atoms with van der Waals surface area (Å²) in [5, 5.41) is 0. The number of hydrogen-bond donors (Lipinski definition) is 0. The molecule has 0 bridgehead atoms. The number of pyridine rings is 2. The molecular formula is C19H20N4O2. The van der Waals surface area contributed by atoms with Gasteiger partial charge in [0, 0.05) is 30.3 Å². The lowest BCUT2D eigenvalue weighted by atomic mass is 10.1. The van der Waals surface area contributed by atoms with Crippen LogP contribution in [0, 0.1) is 13.8 Å². The molecule has 4 heterocycles. The van der Waals surface area contributed by atoms with Crippen LogP contribution in [0.4, 0.5) is 0 Å². The first-order chi connectivity index (χ1) is 12.1. The van der Waals surface area contributed by atoms with E-state index in [1.807, 2.05) is 59.7 Å². The molecule has 0 N–H and O–H groups in total. The summed E-state index contributed by atoms with van der Waals surface area (Å²) in [6.07, 6.45) is 3.46. The zero-order valence-electron chi connectivity index (χ0n) is 14.3. The van der Waals surface area contributed by atoms with Crippen LogP contribution in [-0.2, 0) is 4.74 Å². The van der Waals surface area contributed by atoms with Gasteiger partial charge in [-0.05, 0) is 43.7 Å². The molecule has 1 atom stereocenters. The van der Waals surface area contributed by atoms with E-state index in [0.29, 0.717) is 25.4 Å². The summed E-state index contributed by atoms with van der Waals surface area (Å²) < 4.78 is 7.81. The van der Waals surface area contributed by atoms with Crippen molar-refractivity contribution in [3.8, 4) is 0 Å². The van der Waals surface area contributed by atoms with Crippen molar-refractivity contribution in [1.82, 2.24) is 19.3 Å². The Bertz CT molecular complexity index is 934. The largest absolute Gasteiger partial charge is 0.370 e. The standard InChI is InChI=1S/C19H20N4O2/c1-13-10-15(6-7-20-13)17-12-22(8-9-25-17)19(24)16-11-23-14(2)4-3-5-18(23)21-16/h3-7,10-11,17H,8-9,12H2,1-2H3/t17-/m0/s1. The number of carbonyl (C=O) groups is 1. The lowest BCUT2D eigenvalue weighted by molar-refractivity contribution is -0.0230. The van der Waals surface area contributed by atoms with Crippen molar-refractivity contribution in [2.45, 2.75) is 20.0 Å². The van der Waals surface area contributed by atoms with Crippen LogP contribution in [0.2, 0.25) is 0 Å². The number of ether oxygens (including phenoxy) is 1. The van der Waals surface area contributed by atoms with E-state index in [9.17, 15) is 4.79 Å². The lowest BCUT2D eigenvalue weighted by Crippen LogP contribution is -2.42. The maximum absolute atomic E-state index is 12.9. The summed E-state index contributed by atoms with van der Waals surface area (Å²) in [7, 11) is 0. The molecule has 1 amide bonds. The number of aromatic nitrogens is 3. The van der Waals surface area contributed by atoms with Gasteiger partial charge in [0.15, 0.2) is 0 Å². The Labute approximate surface area is 146 Å². The molecule has 1 aliphatic rings. The van der Waals surface area contributed by atoms with Gasteiger partial charge >= 0.3 is 0 Å². The summed E-state index contributed by atoms with van der Waals surface area (Å²) in [4.78, 5) is 23.4. The number of morpholine rings is 1. The van der Waals surface area contributed by atoms with Gasteiger partial charge in [-0.25, -0.2) is 4.98 Å². The molecule has 4 rings (SSSR count). The minimum absolute atomic E-state index is 0.0535. The SMILES string of the molecule is Cc1cc([C@@H]2CN(C(=O)c3cn4c(C)cccc4n3)CCO2)ccn1. The average molecular weight is 336 g/mol. The molecule has 1 fully saturated rings. The third kappa shape index (κ3) is 3.00. The summed E-state index contributed by atoms with van der Waals surface area (Å²) >= 11 is 0. The van der Waals surface area contributed by atoms with Crippen LogP contribution < -0.4 is 0 Å². The zero-order valence-corrected chi connectivity index (χ0v) is 14.3. The van der Waals surface area contributed by atoms with E-state index in [1.165, 1.54) is 0 Å². The molecule has 6 heteroatoms. The fourth-order valence-corrected chi connectivity index (χ4v) is 3.22. The maximum Gasteiger partial charge on any atom is 0.274 e. The first-order valence-corrected chi connectivity index (χ1v) is 8.40. The van der Waals surface area contributed by atoms with Gasteiger partial charge in [0.1, 0.15) is 17.4 Å². The number of rotatable bonds is 2. The Morgan fingerprint density at radius 1 is 1.28 bits per heavy atom. The molecule has 0 unspecified atom stereocenters. The van der Waals surface area contributed by atoms with E-state index >= 15 is 0 Å². The first-order valence-electron chi connectivity index (χ1n) is 8.40. The molecule has 0 saturated carbocycles. The number of fused-ring (bicyclic) bond motifs is 1. The fraction of sp³-hybridized carbons (Fsp3) is 0.316. The van der Waals surface area contributed by atoms with Crippen molar-refractivity contribution in [3.05, 3.63) is 65.4 Å². The Morgan fingerprint density at radius 3 is 2.96 bits per heavy atom. The second-order valence-corrected chi connectivity index (χ2v) is 6.36. The third-order valence-corrected chi connectivity index (χ3v) is 4.56. The van der Waals surface area contributed by atoms with Crippen molar-refractivity contribution >= 4 is 11.6 Å². The Kier molecular flexibility index (Phi) is 3.97. The Balaban J connectivity index is 1.57. The number of nitrogens with zero attached hydrogens (tertiary/aromatic N) is 4. The Morgan fingerprint density at radius 2 is 2.16 bits per heavy atom. The minimum atomic E-state index is -0.127. The van der Waals surface area contributed by atoms with E-state index in [4.69, 9.17) is 4.74 Å². The molecule has 1 aliphatic heterocycles. The van der Waals surface area contributed by atoms with Gasteiger partial charge in [0.2, 0.25) is 0 Å². The van der Waals surface area contributed by atoms with Gasteiger partial charge in [-0.3, -0.25) is 9.78 Å². The van der Waals surface area contributed by atoms with E-state index in [2.05, 4.69) is 9.97 Å². The van der Waals surface area contributed by atoms with Gasteiger partial charge in [0.05, 0.1) is 13.2 Å². The minimum Gasteiger partial charge on any atom is -0.370 e. The highest BCUT2D eigenvalue weighted by Gasteiger charge is 2.27. The first kappa shape index (κ1) is 15.8. The smallest absolute Gasteiger partial charge is 0.274 e. The quantitative estimate of drug-likeness (QED) is 0.722. The summed E-state index contributed by atoms with van der Waals surface area (Å²) in [5.41, 5.74) is 4.31. The van der Waals surface area contributed by atoms with Gasteiger partial charge < -0.3 is 14.0 Å². The second kappa shape index (κ2) is 6.29. The van der Waals surface area contributed by atoms with E-state index in [0.717, 1.165) is 22.6 Å². The highest BCUT2D eigenvalue weighted by molar-refractivity contribution is 5.93. The van der Waals surface area contributed by atoms with Crippen molar-refractivity contribution in [2.75, 3.05) is 19.7 Å². The molecule has 0 radical (unpaired) electrons. The Hall–Kier alpha value is -2.73. The van der Waals surface area contributed by atoms with Crippen LogP contribution in [0.5, 0.6) is 0 Å². The predicted molar refractivity (Wildman–Crippen MR) is 93.5 cm³/mol. The molecule has 0 aliphatic carbocycles. The van der Waals surface area contributed by atoms with Crippen LogP contribution in [0.25, 0.3) is 5.65 Å². The maximum atomic E-state index is 12.9. The van der Waals surface area contributed by atoms with Crippen LogP contribution in [0.1, 0.15) is 33.5 Å². The number of aryl methyl sites for hydroxylation is 2. The molecule has 3 aromatic heterocycles. The summed E-state index contributed by atoms with van der Waals surface area (Å²) in [6, 6.07) is 9.81. The van der Waals surface area contributed by atoms with Crippen molar-refractivity contribution in [3.63, 3.8) is 0 Å². The molecule has 3 aromatic rings. The van der Waals surface area contributed by atoms with E-state index < -0.39 is 0 Å². The lowest BCUT2D eigenvalue weighted by Gasteiger charge is -2.32. The third-order valence-electron chi connectivity index (χ3n) is 4.56. The van der Waals surface area contributed by atoms with Gasteiger partial charge in [-0.2, -0.15) is 0 Å². The number of hydrogen-bond acceptors (Lipinski definition) is 4. The molecule has 0 aromatic carbocycles. The normalized spacial score (nSPS) is 17.8. The number of imidazole rings is 1. The topological polar surface area (TPSA) is 59.7 Å². The van der Waals surface area contributed by atoms with Gasteiger partial charge in [-0.1, -0.05) is 6.07 Å². The van der Waals surface area contributed by atoms with E-state index in [-0.39, 0.29) is 12.0 Å². The van der Waals surface area contributed by atoms with Crippen molar-refractivity contribution < 1.29 is 9.53 Å². The molecule has 25 heavy (non-hydrogen) atoms. The van der Waals surface area contributed by atoms with Crippen molar-refractivity contribution in [1.29, 1.82) is 0 Å². The fourth-order valence-electron chi connectivity index (χ4n) is 3.22. The second-order valence-electron chi connectivity index (χ2n) is 6.36. The molecule has 6 nitrogen and oxygen atoms in total. The van der Waals surface area contributed by atoms with Gasteiger partial charge in [-0.15, -0.1) is 0 Å². The highest BCUT2D eigenvalue weighted by atomic mass is 16.5. The average Bonchev–Trinajstić information content (AvgIpc) is 3.07. The van der Waals surface area contributed by atoms with Crippen LogP contribution >= 0.6 is 0 Å². The summed E-state index contributed by atoms with van der Waals surface area (Å²) in [5.74, 6) is -0.0535. The van der Waals surface area contributed by atoms with Crippen LogP contribution in [-0.4, -0.2) is 44.9 Å². The van der Waals surface area contributed by atoms with Crippen molar-refractivity contribution in [2.24, 2.45) is 0 Å².